The maximum absolute atomic E-state index is 12.8. The molecule has 0 atom stereocenters. The topological polar surface area (TPSA) is 78.5 Å². The Balaban J connectivity index is 1.31. The molecule has 1 fully saturated rings. The molecule has 0 saturated carbocycles. The number of aryl methyl sites for hydroxylation is 1. The number of halogens is 1. The SMILES string of the molecule is Cc1ccccc1CN1CCC(C(=O)Nc2ccc(S(=O)(=O)Nc3ccccc3Cl)cc2)CC1. The van der Waals surface area contributed by atoms with Crippen LogP contribution >= 0.6 is 11.6 Å². The first-order valence-corrected chi connectivity index (χ1v) is 13.1. The molecule has 0 bridgehead atoms. The Labute approximate surface area is 206 Å². The van der Waals surface area contributed by atoms with Gasteiger partial charge in [0, 0.05) is 18.2 Å². The van der Waals surface area contributed by atoms with Crippen molar-refractivity contribution in [2.45, 2.75) is 31.2 Å². The molecular formula is C26H28ClN3O3S. The van der Waals surface area contributed by atoms with E-state index in [4.69, 9.17) is 11.6 Å². The zero-order valence-corrected chi connectivity index (χ0v) is 20.6. The second-order valence-electron chi connectivity index (χ2n) is 8.58. The Hall–Kier alpha value is -2.87. The standard InChI is InChI=1S/C26H28ClN3O3S/c1-19-6-2-3-7-21(19)18-30-16-14-20(15-17-30)26(31)28-22-10-12-23(13-11-22)34(32,33)29-25-9-5-4-8-24(25)27/h2-13,20,29H,14-18H2,1H3,(H,28,31). The molecule has 6 nitrogen and oxygen atoms in total. The van der Waals surface area contributed by atoms with Crippen molar-refractivity contribution >= 4 is 38.9 Å². The van der Waals surface area contributed by atoms with Crippen molar-refractivity contribution in [1.29, 1.82) is 0 Å². The molecule has 1 aliphatic heterocycles. The van der Waals surface area contributed by atoms with Gasteiger partial charge >= 0.3 is 0 Å². The van der Waals surface area contributed by atoms with Crippen molar-refractivity contribution in [3.63, 3.8) is 0 Å². The monoisotopic (exact) mass is 497 g/mol. The molecular weight excluding hydrogens is 470 g/mol. The van der Waals surface area contributed by atoms with Crippen LogP contribution < -0.4 is 10.0 Å². The van der Waals surface area contributed by atoms with Crippen molar-refractivity contribution in [2.75, 3.05) is 23.1 Å². The van der Waals surface area contributed by atoms with E-state index in [0.29, 0.717) is 16.4 Å². The highest BCUT2D eigenvalue weighted by atomic mass is 35.5. The molecule has 178 valence electrons. The molecule has 1 heterocycles. The van der Waals surface area contributed by atoms with Crippen molar-refractivity contribution in [1.82, 2.24) is 4.90 Å². The average molecular weight is 498 g/mol. The van der Waals surface area contributed by atoms with E-state index in [2.05, 4.69) is 40.1 Å². The van der Waals surface area contributed by atoms with Crippen LogP contribution in [0.15, 0.2) is 77.7 Å². The van der Waals surface area contributed by atoms with Gasteiger partial charge in [0.2, 0.25) is 5.91 Å². The number of hydrogen-bond acceptors (Lipinski definition) is 4. The van der Waals surface area contributed by atoms with Gasteiger partial charge in [-0.15, -0.1) is 0 Å². The largest absolute Gasteiger partial charge is 0.326 e. The summed E-state index contributed by atoms with van der Waals surface area (Å²) in [6, 6.07) is 21.2. The minimum Gasteiger partial charge on any atom is -0.326 e. The minimum absolute atomic E-state index is 0.0275. The van der Waals surface area contributed by atoms with Crippen LogP contribution in [0.4, 0.5) is 11.4 Å². The number of piperidine rings is 1. The van der Waals surface area contributed by atoms with Gasteiger partial charge in [-0.3, -0.25) is 14.4 Å². The molecule has 0 radical (unpaired) electrons. The normalized spacial score (nSPS) is 15.1. The quantitative estimate of drug-likeness (QED) is 0.464. The molecule has 1 amide bonds. The van der Waals surface area contributed by atoms with Crippen LogP contribution in [0.2, 0.25) is 5.02 Å². The molecule has 0 spiro atoms. The average Bonchev–Trinajstić information content (AvgIpc) is 2.83. The number of hydrogen-bond donors (Lipinski definition) is 2. The number of carbonyl (C=O) groups is 1. The third-order valence-electron chi connectivity index (χ3n) is 6.16. The number of anilines is 2. The van der Waals surface area contributed by atoms with Crippen LogP contribution in [0, 0.1) is 12.8 Å². The van der Waals surface area contributed by atoms with Crippen LogP contribution in [-0.2, 0) is 21.4 Å². The highest BCUT2D eigenvalue weighted by molar-refractivity contribution is 7.92. The number of para-hydroxylation sites is 1. The van der Waals surface area contributed by atoms with Crippen LogP contribution in [0.5, 0.6) is 0 Å². The third-order valence-corrected chi connectivity index (χ3v) is 7.87. The maximum Gasteiger partial charge on any atom is 0.261 e. The smallest absolute Gasteiger partial charge is 0.261 e. The molecule has 3 aromatic carbocycles. The van der Waals surface area contributed by atoms with E-state index in [-0.39, 0.29) is 16.7 Å². The summed E-state index contributed by atoms with van der Waals surface area (Å²) in [7, 11) is -3.79. The van der Waals surface area contributed by atoms with Crippen molar-refractivity contribution in [2.24, 2.45) is 5.92 Å². The number of rotatable bonds is 7. The second-order valence-corrected chi connectivity index (χ2v) is 10.7. The van der Waals surface area contributed by atoms with Gasteiger partial charge in [0.05, 0.1) is 15.6 Å². The highest BCUT2D eigenvalue weighted by Crippen LogP contribution is 2.25. The lowest BCUT2D eigenvalue weighted by molar-refractivity contribution is -0.121. The van der Waals surface area contributed by atoms with E-state index < -0.39 is 10.0 Å². The van der Waals surface area contributed by atoms with Gasteiger partial charge in [-0.05, 0) is 80.4 Å². The summed E-state index contributed by atoms with van der Waals surface area (Å²) in [4.78, 5) is 15.3. The summed E-state index contributed by atoms with van der Waals surface area (Å²) >= 11 is 6.05. The Kier molecular flexibility index (Phi) is 7.56. The molecule has 1 aliphatic rings. The maximum atomic E-state index is 12.8. The first kappa shape index (κ1) is 24.3. The first-order chi connectivity index (χ1) is 16.3. The molecule has 4 rings (SSSR count). The summed E-state index contributed by atoms with van der Waals surface area (Å²) in [6.45, 7) is 4.77. The fourth-order valence-electron chi connectivity index (χ4n) is 4.09. The summed E-state index contributed by atoms with van der Waals surface area (Å²) in [5.41, 5.74) is 3.50. The van der Waals surface area contributed by atoms with Crippen LogP contribution in [-0.4, -0.2) is 32.3 Å². The number of likely N-dealkylation sites (tertiary alicyclic amines) is 1. The first-order valence-electron chi connectivity index (χ1n) is 11.3. The number of nitrogens with one attached hydrogen (secondary N) is 2. The summed E-state index contributed by atoms with van der Waals surface area (Å²) in [5.74, 6) is -0.0845. The van der Waals surface area contributed by atoms with Crippen molar-refractivity contribution < 1.29 is 13.2 Å². The number of benzene rings is 3. The van der Waals surface area contributed by atoms with Gasteiger partial charge < -0.3 is 5.32 Å². The summed E-state index contributed by atoms with van der Waals surface area (Å²) in [5, 5.41) is 3.25. The van der Waals surface area contributed by atoms with E-state index in [1.807, 2.05) is 6.07 Å². The number of nitrogens with zero attached hydrogens (tertiary/aromatic N) is 1. The zero-order valence-electron chi connectivity index (χ0n) is 19.0. The lowest BCUT2D eigenvalue weighted by atomic mass is 9.95. The highest BCUT2D eigenvalue weighted by Gasteiger charge is 2.25. The predicted molar refractivity (Wildman–Crippen MR) is 137 cm³/mol. The van der Waals surface area contributed by atoms with E-state index >= 15 is 0 Å². The predicted octanol–water partition coefficient (Wildman–Crippen LogP) is 5.30. The summed E-state index contributed by atoms with van der Waals surface area (Å²) in [6.07, 6.45) is 1.60. The van der Waals surface area contributed by atoms with E-state index in [1.165, 1.54) is 23.3 Å². The minimum atomic E-state index is -3.79. The molecule has 0 unspecified atom stereocenters. The van der Waals surface area contributed by atoms with Gasteiger partial charge in [-0.1, -0.05) is 48.0 Å². The van der Waals surface area contributed by atoms with E-state index in [1.54, 1.807) is 36.4 Å². The number of carbonyl (C=O) groups excluding carboxylic acids is 1. The van der Waals surface area contributed by atoms with Crippen LogP contribution in [0.25, 0.3) is 0 Å². The van der Waals surface area contributed by atoms with Gasteiger partial charge in [0.15, 0.2) is 0 Å². The van der Waals surface area contributed by atoms with E-state index in [9.17, 15) is 13.2 Å². The molecule has 3 aromatic rings. The lowest BCUT2D eigenvalue weighted by Crippen LogP contribution is -2.37. The van der Waals surface area contributed by atoms with Gasteiger partial charge in [-0.2, -0.15) is 0 Å². The molecule has 34 heavy (non-hydrogen) atoms. The van der Waals surface area contributed by atoms with Crippen molar-refractivity contribution in [3.8, 4) is 0 Å². The number of sulfonamides is 1. The molecule has 0 aliphatic carbocycles. The molecule has 2 N–H and O–H groups in total. The van der Waals surface area contributed by atoms with Crippen molar-refractivity contribution in [3.05, 3.63) is 88.9 Å². The second kappa shape index (κ2) is 10.6. The zero-order chi connectivity index (χ0) is 24.1. The van der Waals surface area contributed by atoms with Crippen LogP contribution in [0.3, 0.4) is 0 Å². The molecule has 0 aromatic heterocycles. The fourth-order valence-corrected chi connectivity index (χ4v) is 5.41. The fraction of sp³-hybridized carbons (Fsp3) is 0.269. The molecule has 1 saturated heterocycles. The molecule has 8 heteroatoms. The number of amides is 1. The Bertz CT molecular complexity index is 1250. The van der Waals surface area contributed by atoms with Gasteiger partial charge in [-0.25, -0.2) is 8.42 Å². The lowest BCUT2D eigenvalue weighted by Gasteiger charge is -2.31. The summed E-state index contributed by atoms with van der Waals surface area (Å²) < 4.78 is 27.8. The van der Waals surface area contributed by atoms with Gasteiger partial charge in [0.25, 0.3) is 10.0 Å². The van der Waals surface area contributed by atoms with Crippen LogP contribution in [0.1, 0.15) is 24.0 Å². The Morgan fingerprint density at radius 3 is 2.29 bits per heavy atom. The third kappa shape index (κ3) is 5.97. The Morgan fingerprint density at radius 1 is 0.971 bits per heavy atom. The van der Waals surface area contributed by atoms with E-state index in [0.717, 1.165) is 32.5 Å². The Morgan fingerprint density at radius 2 is 1.62 bits per heavy atom. The van der Waals surface area contributed by atoms with Gasteiger partial charge in [0.1, 0.15) is 0 Å².